The van der Waals surface area contributed by atoms with Crippen LogP contribution in [0.5, 0.6) is 0 Å². The van der Waals surface area contributed by atoms with Gasteiger partial charge in [-0.2, -0.15) is 0 Å². The highest BCUT2D eigenvalue weighted by molar-refractivity contribution is 6.15. The lowest BCUT2D eigenvalue weighted by molar-refractivity contribution is 1.06. The van der Waals surface area contributed by atoms with Gasteiger partial charge >= 0.3 is 0 Å². The maximum atomic E-state index is 4.37. The summed E-state index contributed by atoms with van der Waals surface area (Å²) in [7, 11) is 0. The van der Waals surface area contributed by atoms with Gasteiger partial charge in [0.2, 0.25) is 0 Å². The first-order chi connectivity index (χ1) is 27.8. The van der Waals surface area contributed by atoms with Crippen molar-refractivity contribution in [2.24, 2.45) is 0 Å². The van der Waals surface area contributed by atoms with Crippen LogP contribution in [0, 0.1) is 0 Å². The molecule has 0 spiro atoms. The fraction of sp³-hybridized carbons (Fsp3) is 0. The second-order valence-electron chi connectivity index (χ2n) is 13.8. The molecule has 10 aromatic rings. The van der Waals surface area contributed by atoms with E-state index >= 15 is 0 Å². The lowest BCUT2D eigenvalue weighted by Gasteiger charge is -2.26. The third-order valence-corrected chi connectivity index (χ3v) is 10.4. The van der Waals surface area contributed by atoms with Crippen LogP contribution in [0.25, 0.3) is 72.3 Å². The number of fused-ring (bicyclic) bond motifs is 3. The molecular weight excluding hydrogens is 683 g/mol. The zero-order valence-corrected chi connectivity index (χ0v) is 30.4. The average molecular weight is 718 g/mol. The molecule has 10 rings (SSSR count). The molecule has 2 aromatic heterocycles. The number of hydrogen-bond donors (Lipinski definition) is 0. The van der Waals surface area contributed by atoms with Gasteiger partial charge in [-0.1, -0.05) is 121 Å². The van der Waals surface area contributed by atoms with Crippen LogP contribution in [0.2, 0.25) is 0 Å². The standard InChI is InChI=1S/C51H35N5/c1-4-12-36(13-5-1)38-20-26-43(27-21-38)55(45-30-24-40(25-31-45)51-53-34-52-35-54-51)44-28-22-39(23-29-44)47-32-41(37-14-6-2-7-15-37)33-48-46-18-10-11-19-49(46)56(50(47)48)42-16-8-3-9-17-42/h1-35H. The van der Waals surface area contributed by atoms with Crippen molar-refractivity contribution in [1.82, 2.24) is 19.5 Å². The first-order valence-corrected chi connectivity index (χ1v) is 18.7. The molecule has 0 aliphatic heterocycles. The van der Waals surface area contributed by atoms with E-state index in [0.717, 1.165) is 33.9 Å². The van der Waals surface area contributed by atoms with Crippen molar-refractivity contribution in [3.05, 3.63) is 213 Å². The quantitative estimate of drug-likeness (QED) is 0.157. The van der Waals surface area contributed by atoms with Gasteiger partial charge in [-0.25, -0.2) is 15.0 Å². The van der Waals surface area contributed by atoms with E-state index < -0.39 is 0 Å². The predicted molar refractivity (Wildman–Crippen MR) is 231 cm³/mol. The van der Waals surface area contributed by atoms with Crippen LogP contribution in [0.3, 0.4) is 0 Å². The van der Waals surface area contributed by atoms with Gasteiger partial charge in [0, 0.05) is 44.6 Å². The largest absolute Gasteiger partial charge is 0.311 e. The molecule has 264 valence electrons. The van der Waals surface area contributed by atoms with Gasteiger partial charge in [0.15, 0.2) is 5.82 Å². The van der Waals surface area contributed by atoms with Crippen LogP contribution in [-0.2, 0) is 0 Å². The Kier molecular flexibility index (Phi) is 8.43. The third kappa shape index (κ3) is 6.07. The van der Waals surface area contributed by atoms with Crippen molar-refractivity contribution < 1.29 is 0 Å². The number of para-hydroxylation sites is 2. The SMILES string of the molecule is c1ccc(-c2ccc(N(c3ccc(-c4ncncn4)cc3)c3ccc(-c4cc(-c5ccccc5)cc5c6ccccc6n(-c6ccccc6)c45)cc3)cc2)cc1. The molecule has 56 heavy (non-hydrogen) atoms. The summed E-state index contributed by atoms with van der Waals surface area (Å²) in [5.41, 5.74) is 14.6. The molecule has 0 aliphatic rings. The van der Waals surface area contributed by atoms with Gasteiger partial charge in [0.05, 0.1) is 11.0 Å². The highest BCUT2D eigenvalue weighted by Gasteiger charge is 2.20. The lowest BCUT2D eigenvalue weighted by Crippen LogP contribution is -2.10. The number of rotatable bonds is 8. The first-order valence-electron chi connectivity index (χ1n) is 18.7. The molecule has 0 saturated heterocycles. The number of nitrogens with zero attached hydrogens (tertiary/aromatic N) is 5. The summed E-state index contributed by atoms with van der Waals surface area (Å²) in [6, 6.07) is 71.5. The Balaban J connectivity index is 1.13. The summed E-state index contributed by atoms with van der Waals surface area (Å²) < 4.78 is 2.41. The molecule has 0 N–H and O–H groups in total. The maximum Gasteiger partial charge on any atom is 0.162 e. The Morgan fingerprint density at radius 3 is 1.46 bits per heavy atom. The Bertz CT molecular complexity index is 2830. The second-order valence-corrected chi connectivity index (χ2v) is 13.8. The van der Waals surface area contributed by atoms with E-state index in [2.05, 4.69) is 219 Å². The van der Waals surface area contributed by atoms with Gasteiger partial charge in [-0.05, 0) is 107 Å². The normalized spacial score (nSPS) is 11.2. The topological polar surface area (TPSA) is 46.8 Å². The van der Waals surface area contributed by atoms with Crippen molar-refractivity contribution in [2.45, 2.75) is 0 Å². The molecule has 0 unspecified atom stereocenters. The number of hydrogen-bond acceptors (Lipinski definition) is 4. The van der Waals surface area contributed by atoms with Gasteiger partial charge < -0.3 is 9.47 Å². The summed E-state index contributed by atoms with van der Waals surface area (Å²) in [6.07, 6.45) is 3.06. The van der Waals surface area contributed by atoms with E-state index in [9.17, 15) is 0 Å². The molecule has 0 amide bonds. The highest BCUT2D eigenvalue weighted by Crippen LogP contribution is 2.43. The number of anilines is 3. The zero-order valence-electron chi connectivity index (χ0n) is 30.4. The van der Waals surface area contributed by atoms with Gasteiger partial charge in [-0.3, -0.25) is 0 Å². The lowest BCUT2D eigenvalue weighted by atomic mass is 9.95. The van der Waals surface area contributed by atoms with Crippen LogP contribution in [0.15, 0.2) is 213 Å². The van der Waals surface area contributed by atoms with E-state index in [1.165, 1.54) is 62.3 Å². The minimum absolute atomic E-state index is 0.645. The maximum absolute atomic E-state index is 4.37. The van der Waals surface area contributed by atoms with E-state index in [0.29, 0.717) is 5.82 Å². The average Bonchev–Trinajstić information content (AvgIpc) is 3.62. The number of benzene rings is 8. The van der Waals surface area contributed by atoms with Crippen LogP contribution in [0.1, 0.15) is 0 Å². The molecule has 5 nitrogen and oxygen atoms in total. The van der Waals surface area contributed by atoms with E-state index in [1.807, 2.05) is 6.07 Å². The van der Waals surface area contributed by atoms with Crippen LogP contribution >= 0.6 is 0 Å². The smallest absolute Gasteiger partial charge is 0.162 e. The van der Waals surface area contributed by atoms with Crippen molar-refractivity contribution in [3.63, 3.8) is 0 Å². The molecule has 2 heterocycles. The molecular formula is C51H35N5. The fourth-order valence-electron chi connectivity index (χ4n) is 7.78. The van der Waals surface area contributed by atoms with Crippen LogP contribution in [-0.4, -0.2) is 19.5 Å². The molecule has 0 atom stereocenters. The molecule has 0 bridgehead atoms. The Hall–Kier alpha value is -7.63. The fourth-order valence-corrected chi connectivity index (χ4v) is 7.78. The minimum Gasteiger partial charge on any atom is -0.311 e. The van der Waals surface area contributed by atoms with Crippen LogP contribution < -0.4 is 4.90 Å². The molecule has 0 fully saturated rings. The van der Waals surface area contributed by atoms with E-state index in [-0.39, 0.29) is 0 Å². The van der Waals surface area contributed by atoms with E-state index in [1.54, 1.807) is 0 Å². The van der Waals surface area contributed by atoms with Crippen molar-refractivity contribution in [3.8, 4) is 50.5 Å². The molecule has 0 saturated carbocycles. The molecule has 8 aromatic carbocycles. The van der Waals surface area contributed by atoms with Crippen LogP contribution in [0.4, 0.5) is 17.1 Å². The molecule has 0 radical (unpaired) electrons. The predicted octanol–water partition coefficient (Wildman–Crippen LogP) is 13.1. The summed E-state index contributed by atoms with van der Waals surface area (Å²) in [5.74, 6) is 0.645. The number of aromatic nitrogens is 4. The third-order valence-electron chi connectivity index (χ3n) is 10.4. The zero-order chi connectivity index (χ0) is 37.3. The van der Waals surface area contributed by atoms with E-state index in [4.69, 9.17) is 0 Å². The Morgan fingerprint density at radius 1 is 0.375 bits per heavy atom. The summed E-state index contributed by atoms with van der Waals surface area (Å²) in [5, 5.41) is 2.45. The first kappa shape index (κ1) is 33.0. The monoisotopic (exact) mass is 717 g/mol. The molecule has 5 heteroatoms. The summed E-state index contributed by atoms with van der Waals surface area (Å²) >= 11 is 0. The van der Waals surface area contributed by atoms with Crippen molar-refractivity contribution >= 4 is 38.9 Å². The highest BCUT2D eigenvalue weighted by atomic mass is 15.1. The van der Waals surface area contributed by atoms with Gasteiger partial charge in [0.25, 0.3) is 0 Å². The molecule has 0 aliphatic carbocycles. The Morgan fingerprint density at radius 2 is 0.857 bits per heavy atom. The summed E-state index contributed by atoms with van der Waals surface area (Å²) in [6.45, 7) is 0. The van der Waals surface area contributed by atoms with Gasteiger partial charge in [0.1, 0.15) is 12.7 Å². The Labute approximate surface area is 325 Å². The van der Waals surface area contributed by atoms with Crippen molar-refractivity contribution in [2.75, 3.05) is 4.90 Å². The second kappa shape index (κ2) is 14.3. The van der Waals surface area contributed by atoms with Crippen molar-refractivity contribution in [1.29, 1.82) is 0 Å². The summed E-state index contributed by atoms with van der Waals surface area (Å²) in [4.78, 5) is 15.0. The minimum atomic E-state index is 0.645. The van der Waals surface area contributed by atoms with Gasteiger partial charge in [-0.15, -0.1) is 0 Å².